The third-order valence-electron chi connectivity index (χ3n) is 2.89. The standard InChI is InChI=1S/C12H16NO2P/c1-9(2)15-16-13-11(8-14-16)7-10-5-3-4-6-12(10)13/h3-6,9,11H,7-8H2,1-2H3/t11-,16+/m1/s1. The van der Waals surface area contributed by atoms with Crippen LogP contribution in [0, 0.1) is 0 Å². The van der Waals surface area contributed by atoms with Crippen molar-refractivity contribution in [2.24, 2.45) is 0 Å². The maximum Gasteiger partial charge on any atom is 0.290 e. The number of hydrogen-bond acceptors (Lipinski definition) is 3. The van der Waals surface area contributed by atoms with E-state index in [-0.39, 0.29) is 6.10 Å². The van der Waals surface area contributed by atoms with Crippen molar-refractivity contribution in [3.63, 3.8) is 0 Å². The SMILES string of the molecule is CC(C)O[P@]1OC[C@H]2Cc3ccccc3N21. The summed E-state index contributed by atoms with van der Waals surface area (Å²) < 4.78 is 13.9. The lowest BCUT2D eigenvalue weighted by atomic mass is 10.1. The Kier molecular flexibility index (Phi) is 2.62. The highest BCUT2D eigenvalue weighted by molar-refractivity contribution is 7.49. The van der Waals surface area contributed by atoms with Crippen molar-refractivity contribution in [2.75, 3.05) is 11.3 Å². The Hall–Kier alpha value is -0.630. The lowest BCUT2D eigenvalue weighted by molar-refractivity contribution is 0.221. The monoisotopic (exact) mass is 237 g/mol. The normalized spacial score (nSPS) is 27.3. The maximum atomic E-state index is 5.85. The molecule has 3 nitrogen and oxygen atoms in total. The molecular weight excluding hydrogens is 221 g/mol. The van der Waals surface area contributed by atoms with E-state index in [0.717, 1.165) is 13.0 Å². The van der Waals surface area contributed by atoms with Crippen LogP contribution in [-0.4, -0.2) is 18.8 Å². The van der Waals surface area contributed by atoms with Crippen molar-refractivity contribution in [2.45, 2.75) is 32.4 Å². The Labute approximate surface area is 97.3 Å². The van der Waals surface area contributed by atoms with Crippen molar-refractivity contribution in [3.05, 3.63) is 29.8 Å². The summed E-state index contributed by atoms with van der Waals surface area (Å²) in [5.41, 5.74) is 2.73. The summed E-state index contributed by atoms with van der Waals surface area (Å²) in [5.74, 6) is 0. The molecule has 0 spiro atoms. The van der Waals surface area contributed by atoms with Gasteiger partial charge in [0.2, 0.25) is 0 Å². The summed E-state index contributed by atoms with van der Waals surface area (Å²) in [6, 6.07) is 9.05. The molecule has 3 rings (SSSR count). The highest BCUT2D eigenvalue weighted by atomic mass is 31.2. The van der Waals surface area contributed by atoms with Crippen LogP contribution in [0.3, 0.4) is 0 Å². The van der Waals surface area contributed by atoms with E-state index >= 15 is 0 Å². The number of fused-ring (bicyclic) bond motifs is 3. The number of nitrogens with zero attached hydrogens (tertiary/aromatic N) is 1. The molecule has 0 N–H and O–H groups in total. The molecule has 1 aromatic carbocycles. The molecule has 2 aliphatic heterocycles. The second-order valence-electron chi connectivity index (χ2n) is 4.52. The zero-order valence-corrected chi connectivity index (χ0v) is 10.5. The van der Waals surface area contributed by atoms with Crippen LogP contribution in [0.5, 0.6) is 0 Å². The summed E-state index contributed by atoms with van der Waals surface area (Å²) in [6.07, 6.45) is 1.31. The molecule has 0 bridgehead atoms. The van der Waals surface area contributed by atoms with E-state index < -0.39 is 8.53 Å². The van der Waals surface area contributed by atoms with Gasteiger partial charge in [-0.1, -0.05) is 18.2 Å². The van der Waals surface area contributed by atoms with Crippen LogP contribution in [0.25, 0.3) is 0 Å². The van der Waals surface area contributed by atoms with Gasteiger partial charge in [-0.25, -0.2) is 0 Å². The first-order valence-corrected chi connectivity index (χ1v) is 6.85. The van der Waals surface area contributed by atoms with Crippen LogP contribution in [0.4, 0.5) is 5.69 Å². The van der Waals surface area contributed by atoms with Gasteiger partial charge in [-0.3, -0.25) is 0 Å². The summed E-state index contributed by atoms with van der Waals surface area (Å²) in [5, 5.41) is 0. The van der Waals surface area contributed by atoms with Gasteiger partial charge in [0.1, 0.15) is 0 Å². The van der Waals surface area contributed by atoms with E-state index in [1.54, 1.807) is 0 Å². The molecule has 1 saturated heterocycles. The molecule has 0 aromatic heterocycles. The van der Waals surface area contributed by atoms with Gasteiger partial charge in [0, 0.05) is 5.69 Å². The maximum absolute atomic E-state index is 5.85. The summed E-state index contributed by atoms with van der Waals surface area (Å²) in [4.78, 5) is 0. The Morgan fingerprint density at radius 1 is 1.44 bits per heavy atom. The van der Waals surface area contributed by atoms with E-state index in [0.29, 0.717) is 6.04 Å². The van der Waals surface area contributed by atoms with Gasteiger partial charge < -0.3 is 13.7 Å². The van der Waals surface area contributed by atoms with Crippen LogP contribution in [-0.2, 0) is 15.5 Å². The van der Waals surface area contributed by atoms with Crippen LogP contribution in [0.1, 0.15) is 19.4 Å². The van der Waals surface area contributed by atoms with Crippen molar-refractivity contribution < 1.29 is 9.05 Å². The molecule has 0 saturated carbocycles. The molecule has 2 aliphatic rings. The van der Waals surface area contributed by atoms with Gasteiger partial charge in [-0.05, 0) is 31.9 Å². The fourth-order valence-corrected chi connectivity index (χ4v) is 4.00. The van der Waals surface area contributed by atoms with Gasteiger partial charge in [0.05, 0.1) is 18.8 Å². The van der Waals surface area contributed by atoms with Gasteiger partial charge in [0.15, 0.2) is 0 Å². The summed E-state index contributed by atoms with van der Waals surface area (Å²) >= 11 is 0. The predicted molar refractivity (Wildman–Crippen MR) is 65.5 cm³/mol. The molecule has 2 atom stereocenters. The summed E-state index contributed by atoms with van der Waals surface area (Å²) in [7, 11) is -0.878. The van der Waals surface area contributed by atoms with E-state index in [1.807, 2.05) is 0 Å². The first-order chi connectivity index (χ1) is 7.75. The molecule has 2 heterocycles. The minimum absolute atomic E-state index is 0.220. The second-order valence-corrected chi connectivity index (χ2v) is 5.89. The second kappa shape index (κ2) is 3.99. The Morgan fingerprint density at radius 2 is 2.25 bits per heavy atom. The van der Waals surface area contributed by atoms with Crippen LogP contribution >= 0.6 is 8.53 Å². The van der Waals surface area contributed by atoms with Crippen LogP contribution in [0.15, 0.2) is 24.3 Å². The van der Waals surface area contributed by atoms with Crippen molar-refractivity contribution >= 4 is 14.2 Å². The zero-order chi connectivity index (χ0) is 11.1. The predicted octanol–water partition coefficient (Wildman–Crippen LogP) is 3.10. The van der Waals surface area contributed by atoms with Gasteiger partial charge >= 0.3 is 0 Å². The van der Waals surface area contributed by atoms with Crippen LogP contribution in [0.2, 0.25) is 0 Å². The van der Waals surface area contributed by atoms with E-state index in [4.69, 9.17) is 9.05 Å². The third-order valence-corrected chi connectivity index (χ3v) is 4.76. The fraction of sp³-hybridized carbons (Fsp3) is 0.500. The van der Waals surface area contributed by atoms with Crippen molar-refractivity contribution in [1.82, 2.24) is 0 Å². The first kappa shape index (κ1) is 10.5. The van der Waals surface area contributed by atoms with Crippen molar-refractivity contribution in [3.8, 4) is 0 Å². The van der Waals surface area contributed by atoms with E-state index in [9.17, 15) is 0 Å². The molecule has 0 aliphatic carbocycles. The van der Waals surface area contributed by atoms with Gasteiger partial charge in [-0.15, -0.1) is 0 Å². The summed E-state index contributed by atoms with van der Waals surface area (Å²) in [6.45, 7) is 4.91. The largest absolute Gasteiger partial charge is 0.315 e. The number of rotatable bonds is 2. The number of para-hydroxylation sites is 1. The van der Waals surface area contributed by atoms with Crippen LogP contribution < -0.4 is 4.67 Å². The number of benzene rings is 1. The van der Waals surface area contributed by atoms with Gasteiger partial charge in [-0.2, -0.15) is 0 Å². The molecular formula is C12H16NO2P. The highest BCUT2D eigenvalue weighted by Gasteiger charge is 2.42. The molecule has 0 amide bonds. The smallest absolute Gasteiger partial charge is 0.290 e. The Bertz CT molecular complexity index is 396. The topological polar surface area (TPSA) is 21.7 Å². The van der Waals surface area contributed by atoms with E-state index in [1.165, 1.54) is 11.3 Å². The quantitative estimate of drug-likeness (QED) is 0.738. The average Bonchev–Trinajstić information content (AvgIpc) is 2.77. The lowest BCUT2D eigenvalue weighted by Gasteiger charge is -2.24. The third kappa shape index (κ3) is 1.64. The zero-order valence-electron chi connectivity index (χ0n) is 9.59. The number of anilines is 1. The number of hydrogen-bond donors (Lipinski definition) is 0. The molecule has 0 radical (unpaired) electrons. The molecule has 16 heavy (non-hydrogen) atoms. The Morgan fingerprint density at radius 3 is 3.06 bits per heavy atom. The minimum Gasteiger partial charge on any atom is -0.315 e. The molecule has 0 unspecified atom stereocenters. The Balaban J connectivity index is 1.88. The fourth-order valence-electron chi connectivity index (χ4n) is 2.27. The highest BCUT2D eigenvalue weighted by Crippen LogP contribution is 2.56. The molecule has 86 valence electrons. The van der Waals surface area contributed by atoms with Gasteiger partial charge in [0.25, 0.3) is 8.53 Å². The minimum atomic E-state index is -0.878. The molecule has 1 fully saturated rings. The molecule has 1 aromatic rings. The molecule has 4 heteroatoms. The average molecular weight is 237 g/mol. The lowest BCUT2D eigenvalue weighted by Crippen LogP contribution is -2.23. The first-order valence-electron chi connectivity index (χ1n) is 5.72. The van der Waals surface area contributed by atoms with E-state index in [2.05, 4.69) is 42.8 Å². The van der Waals surface area contributed by atoms with Crippen molar-refractivity contribution in [1.29, 1.82) is 0 Å².